The van der Waals surface area contributed by atoms with E-state index >= 15 is 0 Å². The van der Waals surface area contributed by atoms with Gasteiger partial charge in [-0.2, -0.15) is 0 Å². The molecular weight excluding hydrogens is 180 g/mol. The SMILES string of the molecule is CN(CCO)Cc1cc(N)ccc1O. The minimum absolute atomic E-state index is 0.111. The highest BCUT2D eigenvalue weighted by Gasteiger charge is 2.04. The van der Waals surface area contributed by atoms with Crippen LogP contribution in [-0.4, -0.2) is 35.3 Å². The van der Waals surface area contributed by atoms with Crippen LogP contribution in [0.5, 0.6) is 5.75 Å². The largest absolute Gasteiger partial charge is 0.508 e. The number of hydrogen-bond donors (Lipinski definition) is 3. The van der Waals surface area contributed by atoms with Gasteiger partial charge >= 0.3 is 0 Å². The number of nitrogens with zero attached hydrogens (tertiary/aromatic N) is 1. The monoisotopic (exact) mass is 196 g/mol. The molecule has 0 unspecified atom stereocenters. The Balaban J connectivity index is 2.70. The molecule has 0 saturated carbocycles. The number of aliphatic hydroxyl groups is 1. The maximum atomic E-state index is 9.51. The van der Waals surface area contributed by atoms with Gasteiger partial charge in [0.25, 0.3) is 0 Å². The lowest BCUT2D eigenvalue weighted by Gasteiger charge is -2.16. The number of hydrogen-bond acceptors (Lipinski definition) is 4. The van der Waals surface area contributed by atoms with Crippen LogP contribution in [0.2, 0.25) is 0 Å². The molecule has 0 bridgehead atoms. The minimum Gasteiger partial charge on any atom is -0.508 e. The number of rotatable bonds is 4. The molecule has 0 saturated heterocycles. The molecule has 78 valence electrons. The Hall–Kier alpha value is -1.26. The average molecular weight is 196 g/mol. The zero-order chi connectivity index (χ0) is 10.6. The topological polar surface area (TPSA) is 69.7 Å². The molecule has 0 fully saturated rings. The van der Waals surface area contributed by atoms with Crippen LogP contribution in [0.1, 0.15) is 5.56 Å². The van der Waals surface area contributed by atoms with Gasteiger partial charge in [0.15, 0.2) is 0 Å². The number of benzene rings is 1. The maximum Gasteiger partial charge on any atom is 0.120 e. The fourth-order valence-electron chi connectivity index (χ4n) is 1.27. The van der Waals surface area contributed by atoms with Crippen molar-refractivity contribution in [1.82, 2.24) is 4.90 Å². The second-order valence-corrected chi connectivity index (χ2v) is 3.35. The van der Waals surface area contributed by atoms with Gasteiger partial charge in [0, 0.05) is 24.3 Å². The van der Waals surface area contributed by atoms with Crippen LogP contribution in [0.15, 0.2) is 18.2 Å². The van der Waals surface area contributed by atoms with Gasteiger partial charge in [-0.05, 0) is 25.2 Å². The van der Waals surface area contributed by atoms with Crippen molar-refractivity contribution in [3.05, 3.63) is 23.8 Å². The number of aliphatic hydroxyl groups excluding tert-OH is 1. The van der Waals surface area contributed by atoms with Gasteiger partial charge < -0.3 is 15.9 Å². The summed E-state index contributed by atoms with van der Waals surface area (Å²) in [5.41, 5.74) is 7.01. The molecule has 0 spiro atoms. The van der Waals surface area contributed by atoms with E-state index in [0.29, 0.717) is 18.8 Å². The van der Waals surface area contributed by atoms with Gasteiger partial charge in [-0.15, -0.1) is 0 Å². The fourth-order valence-corrected chi connectivity index (χ4v) is 1.27. The van der Waals surface area contributed by atoms with Gasteiger partial charge in [-0.25, -0.2) is 0 Å². The summed E-state index contributed by atoms with van der Waals surface area (Å²) in [5, 5.41) is 18.2. The first-order chi connectivity index (χ1) is 6.63. The smallest absolute Gasteiger partial charge is 0.120 e. The van der Waals surface area contributed by atoms with E-state index in [2.05, 4.69) is 0 Å². The number of phenolic OH excluding ortho intramolecular Hbond substituents is 1. The second kappa shape index (κ2) is 4.83. The predicted octanol–water partition coefficient (Wildman–Crippen LogP) is 0.398. The van der Waals surface area contributed by atoms with E-state index in [4.69, 9.17) is 10.8 Å². The Labute approximate surface area is 83.6 Å². The van der Waals surface area contributed by atoms with E-state index < -0.39 is 0 Å². The van der Waals surface area contributed by atoms with Crippen molar-refractivity contribution in [3.8, 4) is 5.75 Å². The van der Waals surface area contributed by atoms with E-state index in [0.717, 1.165) is 5.56 Å². The number of nitrogens with two attached hydrogens (primary N) is 1. The summed E-state index contributed by atoms with van der Waals surface area (Å²) in [6, 6.07) is 4.98. The van der Waals surface area contributed by atoms with Crippen molar-refractivity contribution < 1.29 is 10.2 Å². The summed E-state index contributed by atoms with van der Waals surface area (Å²) in [5.74, 6) is 0.240. The number of likely N-dealkylation sites (N-methyl/N-ethyl adjacent to an activating group) is 1. The van der Waals surface area contributed by atoms with Gasteiger partial charge in [0.2, 0.25) is 0 Å². The number of nitrogen functional groups attached to an aromatic ring is 1. The molecule has 0 aliphatic rings. The van der Waals surface area contributed by atoms with Crippen LogP contribution < -0.4 is 5.73 Å². The van der Waals surface area contributed by atoms with E-state index in [1.807, 2.05) is 11.9 Å². The Morgan fingerprint density at radius 3 is 2.79 bits per heavy atom. The van der Waals surface area contributed by atoms with E-state index in [9.17, 15) is 5.11 Å². The van der Waals surface area contributed by atoms with Crippen molar-refractivity contribution in [1.29, 1.82) is 0 Å². The Morgan fingerprint density at radius 1 is 1.43 bits per heavy atom. The molecule has 0 aliphatic carbocycles. The number of phenols is 1. The van der Waals surface area contributed by atoms with Crippen LogP contribution in [0.3, 0.4) is 0 Å². The average Bonchev–Trinajstić information content (AvgIpc) is 2.12. The molecule has 4 heteroatoms. The second-order valence-electron chi connectivity index (χ2n) is 3.35. The molecule has 0 radical (unpaired) electrons. The maximum absolute atomic E-state index is 9.51. The molecule has 1 aromatic carbocycles. The highest BCUT2D eigenvalue weighted by molar-refractivity contribution is 5.47. The third-order valence-corrected chi connectivity index (χ3v) is 2.03. The number of anilines is 1. The van der Waals surface area contributed by atoms with Crippen LogP contribution in [0.25, 0.3) is 0 Å². The molecule has 14 heavy (non-hydrogen) atoms. The normalized spacial score (nSPS) is 10.8. The lowest BCUT2D eigenvalue weighted by Crippen LogP contribution is -2.21. The zero-order valence-corrected chi connectivity index (χ0v) is 8.27. The molecule has 1 aromatic rings. The summed E-state index contributed by atoms with van der Waals surface area (Å²) < 4.78 is 0. The molecule has 0 amide bonds. The predicted molar refractivity (Wildman–Crippen MR) is 55.9 cm³/mol. The first-order valence-corrected chi connectivity index (χ1v) is 4.50. The molecule has 4 nitrogen and oxygen atoms in total. The van der Waals surface area contributed by atoms with E-state index in [-0.39, 0.29) is 12.4 Å². The first-order valence-electron chi connectivity index (χ1n) is 4.50. The van der Waals surface area contributed by atoms with Crippen molar-refractivity contribution in [2.45, 2.75) is 6.54 Å². The summed E-state index contributed by atoms with van der Waals surface area (Å²) in [6.07, 6.45) is 0. The molecule has 0 atom stereocenters. The van der Waals surface area contributed by atoms with Gasteiger partial charge in [0.05, 0.1) is 6.61 Å². The quantitative estimate of drug-likeness (QED) is 0.481. The lowest BCUT2D eigenvalue weighted by molar-refractivity contribution is 0.216. The third kappa shape index (κ3) is 2.90. The van der Waals surface area contributed by atoms with Crippen molar-refractivity contribution in [3.63, 3.8) is 0 Å². The molecule has 0 aliphatic heterocycles. The van der Waals surface area contributed by atoms with Crippen LogP contribution >= 0.6 is 0 Å². The molecular formula is C10H16N2O2. The molecule has 0 aromatic heterocycles. The molecule has 1 rings (SSSR count). The van der Waals surface area contributed by atoms with Gasteiger partial charge in [-0.3, -0.25) is 4.90 Å². The summed E-state index contributed by atoms with van der Waals surface area (Å²) in [6.45, 7) is 1.27. The summed E-state index contributed by atoms with van der Waals surface area (Å²) in [4.78, 5) is 1.91. The minimum atomic E-state index is 0.111. The zero-order valence-electron chi connectivity index (χ0n) is 8.27. The van der Waals surface area contributed by atoms with Crippen LogP contribution in [0, 0.1) is 0 Å². The molecule has 4 N–H and O–H groups in total. The van der Waals surface area contributed by atoms with E-state index in [1.54, 1.807) is 18.2 Å². The third-order valence-electron chi connectivity index (χ3n) is 2.03. The number of aromatic hydroxyl groups is 1. The highest BCUT2D eigenvalue weighted by atomic mass is 16.3. The van der Waals surface area contributed by atoms with Crippen LogP contribution in [0.4, 0.5) is 5.69 Å². The highest BCUT2D eigenvalue weighted by Crippen LogP contribution is 2.20. The van der Waals surface area contributed by atoms with Crippen molar-refractivity contribution in [2.75, 3.05) is 25.9 Å². The fraction of sp³-hybridized carbons (Fsp3) is 0.400. The summed E-state index contributed by atoms with van der Waals surface area (Å²) >= 11 is 0. The standard InChI is InChI=1S/C10H16N2O2/c1-12(4-5-13)7-8-6-9(11)2-3-10(8)14/h2-3,6,13-14H,4-5,7,11H2,1H3. The summed E-state index contributed by atoms with van der Waals surface area (Å²) in [7, 11) is 1.87. The van der Waals surface area contributed by atoms with E-state index in [1.165, 1.54) is 0 Å². The Bertz CT molecular complexity index is 302. The van der Waals surface area contributed by atoms with Gasteiger partial charge in [-0.1, -0.05) is 0 Å². The van der Waals surface area contributed by atoms with Crippen molar-refractivity contribution in [2.24, 2.45) is 0 Å². The van der Waals surface area contributed by atoms with Crippen molar-refractivity contribution >= 4 is 5.69 Å². The van der Waals surface area contributed by atoms with Crippen LogP contribution in [-0.2, 0) is 6.54 Å². The first kappa shape index (κ1) is 10.8. The lowest BCUT2D eigenvalue weighted by atomic mass is 10.1. The van der Waals surface area contributed by atoms with Gasteiger partial charge in [0.1, 0.15) is 5.75 Å². The Kier molecular flexibility index (Phi) is 3.73. The Morgan fingerprint density at radius 2 is 2.14 bits per heavy atom. The molecule has 0 heterocycles.